The lowest BCUT2D eigenvalue weighted by molar-refractivity contribution is 0.301. The Morgan fingerprint density at radius 1 is 0.917 bits per heavy atom. The minimum atomic E-state index is -3.44. The molecule has 1 N–H and O–H groups in total. The van der Waals surface area contributed by atoms with E-state index in [1.54, 1.807) is 30.3 Å². The lowest BCUT2D eigenvalue weighted by atomic mass is 10.0. The second-order valence-corrected chi connectivity index (χ2v) is 10.1. The normalized spacial score (nSPS) is 13.0. The third-order valence-corrected chi connectivity index (χ3v) is 5.95. The van der Waals surface area contributed by atoms with Crippen molar-refractivity contribution in [2.75, 3.05) is 11.0 Å². The molecule has 0 radical (unpaired) electrons. The van der Waals surface area contributed by atoms with Gasteiger partial charge in [-0.2, -0.15) is 10.5 Å². The van der Waals surface area contributed by atoms with Gasteiger partial charge in [-0.25, -0.2) is 13.4 Å². The molecule has 1 saturated carbocycles. The van der Waals surface area contributed by atoms with Gasteiger partial charge in [0.1, 0.15) is 23.6 Å². The number of nitrogens with one attached hydrogen (secondary N) is 1. The largest absolute Gasteiger partial charge is 0.488 e. The molecule has 178 valence electrons. The third kappa shape index (κ3) is 5.19. The van der Waals surface area contributed by atoms with Crippen LogP contribution in [0.15, 0.2) is 60.8 Å². The van der Waals surface area contributed by atoms with Gasteiger partial charge in [-0.15, -0.1) is 0 Å². The van der Waals surface area contributed by atoms with E-state index in [-0.39, 0.29) is 23.0 Å². The highest BCUT2D eigenvalue weighted by Crippen LogP contribution is 2.36. The quantitative estimate of drug-likeness (QED) is 0.386. The van der Waals surface area contributed by atoms with Gasteiger partial charge in [0.05, 0.1) is 40.7 Å². The molecular weight excluding hydrogens is 478 g/mol. The van der Waals surface area contributed by atoms with Crippen LogP contribution in [0.2, 0.25) is 0 Å². The Balaban J connectivity index is 1.36. The molecule has 0 amide bonds. The SMILES string of the molecule is CS(=O)(=O)Nc1cnc2cc(-c3ccc(Oc4cc(C#N)c(OC5CC5)c(C#N)c4)cc3)ccc2n1. The summed E-state index contributed by atoms with van der Waals surface area (Å²) in [7, 11) is -3.44. The van der Waals surface area contributed by atoms with Crippen LogP contribution in [-0.4, -0.2) is 30.7 Å². The molecular formula is C26H19N5O4S. The number of rotatable bonds is 7. The molecule has 1 aliphatic rings. The highest BCUT2D eigenvalue weighted by Gasteiger charge is 2.26. The maximum Gasteiger partial charge on any atom is 0.231 e. The molecule has 4 aromatic rings. The average Bonchev–Trinajstić information content (AvgIpc) is 3.68. The van der Waals surface area contributed by atoms with Crippen LogP contribution >= 0.6 is 0 Å². The van der Waals surface area contributed by atoms with Gasteiger partial charge in [-0.1, -0.05) is 18.2 Å². The van der Waals surface area contributed by atoms with Crippen molar-refractivity contribution in [1.29, 1.82) is 10.5 Å². The number of nitrogens with zero attached hydrogens (tertiary/aromatic N) is 4. The molecule has 0 spiro atoms. The lowest BCUT2D eigenvalue weighted by Crippen LogP contribution is -2.11. The van der Waals surface area contributed by atoms with Crippen molar-refractivity contribution in [3.8, 4) is 40.5 Å². The topological polar surface area (TPSA) is 138 Å². The molecule has 36 heavy (non-hydrogen) atoms. The first-order chi connectivity index (χ1) is 17.3. The van der Waals surface area contributed by atoms with E-state index < -0.39 is 10.0 Å². The van der Waals surface area contributed by atoms with E-state index in [0.717, 1.165) is 30.2 Å². The van der Waals surface area contributed by atoms with Crippen molar-refractivity contribution >= 4 is 26.9 Å². The molecule has 3 aromatic carbocycles. The fourth-order valence-corrected chi connectivity index (χ4v) is 4.07. The van der Waals surface area contributed by atoms with E-state index >= 15 is 0 Å². The van der Waals surface area contributed by atoms with Crippen LogP contribution in [0.3, 0.4) is 0 Å². The van der Waals surface area contributed by atoms with Gasteiger partial charge < -0.3 is 9.47 Å². The van der Waals surface area contributed by atoms with E-state index in [0.29, 0.717) is 28.3 Å². The van der Waals surface area contributed by atoms with Crippen LogP contribution in [0.5, 0.6) is 17.2 Å². The van der Waals surface area contributed by atoms with E-state index in [1.165, 1.54) is 6.20 Å². The van der Waals surface area contributed by atoms with Gasteiger partial charge in [0.15, 0.2) is 11.6 Å². The minimum Gasteiger partial charge on any atom is -0.488 e. The molecule has 1 aliphatic carbocycles. The zero-order valence-electron chi connectivity index (χ0n) is 19.1. The van der Waals surface area contributed by atoms with E-state index in [4.69, 9.17) is 9.47 Å². The first-order valence-electron chi connectivity index (χ1n) is 11.0. The van der Waals surface area contributed by atoms with Crippen LogP contribution in [0, 0.1) is 22.7 Å². The Morgan fingerprint density at radius 2 is 1.58 bits per heavy atom. The molecule has 0 atom stereocenters. The van der Waals surface area contributed by atoms with Crippen LogP contribution in [-0.2, 0) is 10.0 Å². The standard InChI is InChI=1S/C26H19N5O4S/c1-36(32,33)31-25-15-29-24-12-17(4-9-23(24)30-25)16-2-5-20(6-3-16)34-22-10-18(13-27)26(19(11-22)14-28)35-21-7-8-21/h2-6,9-12,15,21H,7-8H2,1H3,(H,30,31). The maximum atomic E-state index is 11.4. The van der Waals surface area contributed by atoms with Gasteiger partial charge in [0, 0.05) is 12.1 Å². The predicted molar refractivity (Wildman–Crippen MR) is 133 cm³/mol. The van der Waals surface area contributed by atoms with Crippen molar-refractivity contribution < 1.29 is 17.9 Å². The summed E-state index contributed by atoms with van der Waals surface area (Å²) in [6.45, 7) is 0. The van der Waals surface area contributed by atoms with Crippen molar-refractivity contribution in [3.63, 3.8) is 0 Å². The molecule has 1 fully saturated rings. The predicted octanol–water partition coefficient (Wildman–Crippen LogP) is 4.75. The molecule has 1 aromatic heterocycles. The summed E-state index contributed by atoms with van der Waals surface area (Å²) in [6, 6.07) is 20.2. The molecule has 9 nitrogen and oxygen atoms in total. The molecule has 0 unspecified atom stereocenters. The second kappa shape index (κ2) is 9.17. The number of anilines is 1. The van der Waals surface area contributed by atoms with Crippen molar-refractivity contribution in [3.05, 3.63) is 71.9 Å². The number of benzene rings is 3. The smallest absolute Gasteiger partial charge is 0.231 e. The zero-order valence-corrected chi connectivity index (χ0v) is 19.9. The van der Waals surface area contributed by atoms with E-state index in [9.17, 15) is 18.9 Å². The highest BCUT2D eigenvalue weighted by atomic mass is 32.2. The number of ether oxygens (including phenoxy) is 2. The van der Waals surface area contributed by atoms with Crippen LogP contribution in [0.25, 0.3) is 22.2 Å². The van der Waals surface area contributed by atoms with Gasteiger partial charge in [-0.3, -0.25) is 9.71 Å². The van der Waals surface area contributed by atoms with Gasteiger partial charge in [-0.05, 0) is 48.2 Å². The number of aromatic nitrogens is 2. The first kappa shape index (κ1) is 23.1. The monoisotopic (exact) mass is 497 g/mol. The summed E-state index contributed by atoms with van der Waals surface area (Å²) in [5, 5.41) is 19.1. The molecule has 0 bridgehead atoms. The number of sulfonamides is 1. The van der Waals surface area contributed by atoms with Gasteiger partial charge in [0.2, 0.25) is 10.0 Å². The fourth-order valence-electron chi connectivity index (χ4n) is 3.59. The molecule has 0 saturated heterocycles. The van der Waals surface area contributed by atoms with Crippen LogP contribution in [0.1, 0.15) is 24.0 Å². The Kier molecular flexibility index (Phi) is 5.88. The van der Waals surface area contributed by atoms with Gasteiger partial charge >= 0.3 is 0 Å². The third-order valence-electron chi connectivity index (χ3n) is 5.37. The summed E-state index contributed by atoms with van der Waals surface area (Å²) in [5.74, 6) is 1.38. The average molecular weight is 498 g/mol. The summed E-state index contributed by atoms with van der Waals surface area (Å²) < 4.78 is 36.8. The minimum absolute atomic E-state index is 0.0656. The van der Waals surface area contributed by atoms with Crippen molar-refractivity contribution in [1.82, 2.24) is 9.97 Å². The molecule has 0 aliphatic heterocycles. The summed E-state index contributed by atoms with van der Waals surface area (Å²) in [5.41, 5.74) is 3.51. The highest BCUT2D eigenvalue weighted by molar-refractivity contribution is 7.92. The second-order valence-electron chi connectivity index (χ2n) is 8.35. The maximum absolute atomic E-state index is 11.4. The van der Waals surface area contributed by atoms with Crippen molar-refractivity contribution in [2.24, 2.45) is 0 Å². The molecule has 10 heteroatoms. The molecule has 5 rings (SSSR count). The zero-order chi connectivity index (χ0) is 25.3. The Bertz CT molecular complexity index is 1630. The van der Waals surface area contributed by atoms with Crippen LogP contribution < -0.4 is 14.2 Å². The number of nitriles is 2. The Morgan fingerprint density at radius 3 is 2.19 bits per heavy atom. The fraction of sp³-hybridized carbons (Fsp3) is 0.154. The lowest BCUT2D eigenvalue weighted by Gasteiger charge is -2.12. The number of hydrogen-bond donors (Lipinski definition) is 1. The van der Waals surface area contributed by atoms with Crippen LogP contribution in [0.4, 0.5) is 5.82 Å². The Labute approximate surface area is 207 Å². The van der Waals surface area contributed by atoms with E-state index in [2.05, 4.69) is 26.8 Å². The summed E-state index contributed by atoms with van der Waals surface area (Å²) >= 11 is 0. The summed E-state index contributed by atoms with van der Waals surface area (Å²) in [6.07, 6.45) is 4.34. The molecule has 1 heterocycles. The Hall–Kier alpha value is -4.67. The van der Waals surface area contributed by atoms with Gasteiger partial charge in [0.25, 0.3) is 0 Å². The number of fused-ring (bicyclic) bond motifs is 1. The number of hydrogen-bond acceptors (Lipinski definition) is 8. The first-order valence-corrected chi connectivity index (χ1v) is 12.9. The van der Waals surface area contributed by atoms with Crippen molar-refractivity contribution in [2.45, 2.75) is 18.9 Å². The van der Waals surface area contributed by atoms with E-state index in [1.807, 2.05) is 24.3 Å². The summed E-state index contributed by atoms with van der Waals surface area (Å²) in [4.78, 5) is 8.59.